The van der Waals surface area contributed by atoms with Crippen LogP contribution in [0.3, 0.4) is 0 Å². The van der Waals surface area contributed by atoms with E-state index in [9.17, 15) is 18.4 Å². The molecule has 10 heteroatoms. The van der Waals surface area contributed by atoms with Gasteiger partial charge in [-0.15, -0.1) is 0 Å². The Kier molecular flexibility index (Phi) is 5.56. The first-order valence-corrected chi connectivity index (χ1v) is 10.8. The topological polar surface area (TPSA) is 94.7 Å². The van der Waals surface area contributed by atoms with Gasteiger partial charge < -0.3 is 9.88 Å². The summed E-state index contributed by atoms with van der Waals surface area (Å²) < 4.78 is 29.9. The largest absolute Gasteiger partial charge is 0.348 e. The summed E-state index contributed by atoms with van der Waals surface area (Å²) in [6, 6.07) is 9.03. The molecule has 0 saturated heterocycles. The minimum Gasteiger partial charge on any atom is -0.348 e. The third-order valence-electron chi connectivity index (χ3n) is 5.92. The number of hydrogen-bond donors (Lipinski definition) is 1. The molecule has 0 fully saturated rings. The van der Waals surface area contributed by atoms with Crippen molar-refractivity contribution in [1.29, 1.82) is 0 Å². The van der Waals surface area contributed by atoms with Crippen LogP contribution >= 0.6 is 0 Å². The van der Waals surface area contributed by atoms with Gasteiger partial charge in [0.05, 0.1) is 30.1 Å². The van der Waals surface area contributed by atoms with Gasteiger partial charge in [0.2, 0.25) is 0 Å². The zero-order valence-corrected chi connectivity index (χ0v) is 18.9. The average molecular weight is 474 g/mol. The highest BCUT2D eigenvalue weighted by molar-refractivity contribution is 6.02. The molecule has 1 amide bonds. The Labute approximate surface area is 197 Å². The number of hydrogen-bond acceptors (Lipinski definition) is 5. The Balaban J connectivity index is 1.37. The summed E-state index contributed by atoms with van der Waals surface area (Å²) in [5, 5.41) is 3.66. The maximum Gasteiger partial charge on any atom is 0.266 e. The summed E-state index contributed by atoms with van der Waals surface area (Å²) in [5.41, 5.74) is 3.00. The number of halogens is 2. The van der Waals surface area contributed by atoms with Gasteiger partial charge in [0, 0.05) is 25.2 Å². The fourth-order valence-corrected chi connectivity index (χ4v) is 4.00. The number of nitrogens with zero attached hydrogens (tertiary/aromatic N) is 5. The predicted octanol–water partition coefficient (Wildman–Crippen LogP) is 3.24. The molecule has 0 saturated carbocycles. The minimum absolute atomic E-state index is 0.0536. The molecule has 0 radical (unpaired) electrons. The zero-order valence-electron chi connectivity index (χ0n) is 18.9. The van der Waals surface area contributed by atoms with Gasteiger partial charge in [0.15, 0.2) is 11.6 Å². The van der Waals surface area contributed by atoms with E-state index >= 15 is 0 Å². The number of aromatic nitrogens is 5. The summed E-state index contributed by atoms with van der Waals surface area (Å²) in [5.74, 6) is -1.71. The molecule has 1 N–H and O–H groups in total. The highest BCUT2D eigenvalue weighted by Crippen LogP contribution is 2.24. The van der Waals surface area contributed by atoms with Crippen LogP contribution in [-0.4, -0.2) is 30.0 Å². The van der Waals surface area contributed by atoms with E-state index in [2.05, 4.69) is 20.3 Å². The van der Waals surface area contributed by atoms with E-state index in [1.54, 1.807) is 6.20 Å². The number of rotatable bonds is 5. The van der Waals surface area contributed by atoms with Crippen molar-refractivity contribution in [1.82, 2.24) is 29.4 Å². The SMILES string of the molecule is Cc1nc2cnc3ccc(CNC(=O)c4cncn(Cc5ccc(F)c(F)c5)c4=O)cc3c2n1C. The van der Waals surface area contributed by atoms with Crippen molar-refractivity contribution in [2.45, 2.75) is 20.0 Å². The van der Waals surface area contributed by atoms with Gasteiger partial charge in [0.25, 0.3) is 11.5 Å². The standard InChI is InChI=1S/C25H20F2N6O2/c1-14-31-22-11-29-21-6-4-15(7-17(21)23(22)32(14)2)9-30-24(34)18-10-28-13-33(25(18)35)12-16-3-5-19(26)20(27)8-16/h3-8,10-11,13H,9,12H2,1-2H3,(H,30,34). The van der Waals surface area contributed by atoms with Crippen molar-refractivity contribution in [3.8, 4) is 0 Å². The van der Waals surface area contributed by atoms with Crippen molar-refractivity contribution < 1.29 is 13.6 Å². The van der Waals surface area contributed by atoms with Crippen LogP contribution in [0.5, 0.6) is 0 Å². The van der Waals surface area contributed by atoms with Gasteiger partial charge in [-0.25, -0.2) is 18.7 Å². The zero-order chi connectivity index (χ0) is 24.7. The van der Waals surface area contributed by atoms with E-state index in [1.165, 1.54) is 23.2 Å². The van der Waals surface area contributed by atoms with Crippen molar-refractivity contribution >= 4 is 27.8 Å². The van der Waals surface area contributed by atoms with Crippen LogP contribution in [0.15, 0.2) is 59.9 Å². The number of carbonyl (C=O) groups excluding carboxylic acids is 1. The van der Waals surface area contributed by atoms with E-state index < -0.39 is 23.1 Å². The lowest BCUT2D eigenvalue weighted by Crippen LogP contribution is -2.33. The molecular formula is C25H20F2N6O2. The molecule has 2 aromatic carbocycles. The Morgan fingerprint density at radius 1 is 1.03 bits per heavy atom. The molecular weight excluding hydrogens is 454 g/mol. The predicted molar refractivity (Wildman–Crippen MR) is 126 cm³/mol. The van der Waals surface area contributed by atoms with E-state index in [1.807, 2.05) is 36.7 Å². The molecule has 5 rings (SSSR count). The molecule has 176 valence electrons. The number of amides is 1. The number of aryl methyl sites for hydroxylation is 2. The molecule has 3 heterocycles. The lowest BCUT2D eigenvalue weighted by Gasteiger charge is -2.10. The summed E-state index contributed by atoms with van der Waals surface area (Å²) >= 11 is 0. The van der Waals surface area contributed by atoms with Gasteiger partial charge in [-0.05, 0) is 42.3 Å². The highest BCUT2D eigenvalue weighted by Gasteiger charge is 2.15. The van der Waals surface area contributed by atoms with Crippen molar-refractivity contribution in [2.75, 3.05) is 0 Å². The van der Waals surface area contributed by atoms with Crippen LogP contribution in [0.2, 0.25) is 0 Å². The van der Waals surface area contributed by atoms with Crippen LogP contribution in [-0.2, 0) is 20.1 Å². The summed E-state index contributed by atoms with van der Waals surface area (Å²) in [6.07, 6.45) is 4.17. The fourth-order valence-electron chi connectivity index (χ4n) is 4.00. The van der Waals surface area contributed by atoms with Gasteiger partial charge in [-0.2, -0.15) is 0 Å². The Morgan fingerprint density at radius 2 is 1.83 bits per heavy atom. The maximum absolute atomic E-state index is 13.5. The fraction of sp³-hybridized carbons (Fsp3) is 0.160. The monoisotopic (exact) mass is 474 g/mol. The molecule has 0 aliphatic heterocycles. The van der Waals surface area contributed by atoms with E-state index in [-0.39, 0.29) is 18.7 Å². The molecule has 0 unspecified atom stereocenters. The second kappa shape index (κ2) is 8.71. The van der Waals surface area contributed by atoms with Crippen LogP contribution in [0, 0.1) is 18.6 Å². The maximum atomic E-state index is 13.5. The first-order chi connectivity index (χ1) is 16.8. The molecule has 8 nitrogen and oxygen atoms in total. The highest BCUT2D eigenvalue weighted by atomic mass is 19.2. The lowest BCUT2D eigenvalue weighted by molar-refractivity contribution is 0.0948. The van der Waals surface area contributed by atoms with Crippen molar-refractivity contribution in [2.24, 2.45) is 7.05 Å². The summed E-state index contributed by atoms with van der Waals surface area (Å²) in [4.78, 5) is 38.5. The molecule has 0 atom stereocenters. The number of benzene rings is 2. The average Bonchev–Trinajstić information content (AvgIpc) is 3.14. The second-order valence-corrected chi connectivity index (χ2v) is 8.23. The third kappa shape index (κ3) is 4.14. The summed E-state index contributed by atoms with van der Waals surface area (Å²) in [7, 11) is 1.94. The molecule has 35 heavy (non-hydrogen) atoms. The molecule has 0 bridgehead atoms. The Morgan fingerprint density at radius 3 is 2.63 bits per heavy atom. The first kappa shape index (κ1) is 22.3. The van der Waals surface area contributed by atoms with Gasteiger partial charge in [0.1, 0.15) is 16.9 Å². The number of fused-ring (bicyclic) bond motifs is 3. The van der Waals surface area contributed by atoms with Crippen LogP contribution in [0.4, 0.5) is 8.78 Å². The quantitative estimate of drug-likeness (QED) is 0.422. The number of pyridine rings is 1. The van der Waals surface area contributed by atoms with Crippen molar-refractivity contribution in [3.63, 3.8) is 0 Å². The van der Waals surface area contributed by atoms with Crippen molar-refractivity contribution in [3.05, 3.63) is 99.6 Å². The van der Waals surface area contributed by atoms with Gasteiger partial charge in [-0.3, -0.25) is 19.1 Å². The Bertz CT molecular complexity index is 1670. The number of carbonyl (C=O) groups is 1. The lowest BCUT2D eigenvalue weighted by atomic mass is 10.1. The molecule has 0 aliphatic rings. The Hall–Kier alpha value is -4.47. The van der Waals surface area contributed by atoms with Crippen LogP contribution in [0.25, 0.3) is 21.9 Å². The van der Waals surface area contributed by atoms with Gasteiger partial charge in [-0.1, -0.05) is 12.1 Å². The smallest absolute Gasteiger partial charge is 0.266 e. The number of nitrogens with one attached hydrogen (secondary N) is 1. The minimum atomic E-state index is -1.01. The number of imidazole rings is 1. The molecule has 0 spiro atoms. The third-order valence-corrected chi connectivity index (χ3v) is 5.92. The second-order valence-electron chi connectivity index (χ2n) is 8.23. The van der Waals surface area contributed by atoms with E-state index in [0.29, 0.717) is 5.56 Å². The van der Waals surface area contributed by atoms with E-state index in [0.717, 1.165) is 45.5 Å². The van der Waals surface area contributed by atoms with Gasteiger partial charge >= 0.3 is 0 Å². The van der Waals surface area contributed by atoms with Crippen LogP contribution < -0.4 is 10.9 Å². The molecule has 5 aromatic rings. The van der Waals surface area contributed by atoms with E-state index in [4.69, 9.17) is 0 Å². The normalized spacial score (nSPS) is 11.3. The summed E-state index contributed by atoms with van der Waals surface area (Å²) in [6.45, 7) is 2.05. The van der Waals surface area contributed by atoms with Crippen LogP contribution in [0.1, 0.15) is 27.3 Å². The molecule has 0 aliphatic carbocycles. The first-order valence-electron chi connectivity index (χ1n) is 10.8. The molecule has 3 aromatic heterocycles.